The van der Waals surface area contributed by atoms with Gasteiger partial charge < -0.3 is 10.6 Å². The maximum absolute atomic E-state index is 13.6. The average molecular weight is 320 g/mol. The normalized spacial score (nSPS) is 11.9. The van der Waals surface area contributed by atoms with Gasteiger partial charge >= 0.3 is 0 Å². The third-order valence-corrected chi connectivity index (χ3v) is 3.80. The molecule has 0 saturated carbocycles. The van der Waals surface area contributed by atoms with Crippen LogP contribution in [0, 0.1) is 25.5 Å². The molecule has 0 radical (unpaired) electrons. The van der Waals surface area contributed by atoms with Crippen molar-refractivity contribution in [1.82, 2.24) is 5.32 Å². The van der Waals surface area contributed by atoms with E-state index in [0.29, 0.717) is 0 Å². The van der Waals surface area contributed by atoms with E-state index < -0.39 is 11.6 Å². The van der Waals surface area contributed by atoms with Crippen molar-refractivity contribution in [1.29, 1.82) is 0 Å². The summed E-state index contributed by atoms with van der Waals surface area (Å²) in [4.78, 5) is 0. The molecule has 0 saturated heterocycles. The lowest BCUT2D eigenvalue weighted by Crippen LogP contribution is -2.31. The molecule has 5 heteroatoms. The van der Waals surface area contributed by atoms with Crippen LogP contribution in [0.3, 0.4) is 0 Å². The molecule has 2 nitrogen and oxygen atoms in total. The summed E-state index contributed by atoms with van der Waals surface area (Å²) >= 11 is 5.13. The number of benzene rings is 2. The number of halogens is 2. The smallest absolute Gasteiger partial charge is 0.171 e. The second-order valence-corrected chi connectivity index (χ2v) is 5.67. The molecule has 0 aromatic heterocycles. The molecule has 0 fully saturated rings. The quantitative estimate of drug-likeness (QED) is 0.806. The third-order valence-electron chi connectivity index (χ3n) is 3.58. The van der Waals surface area contributed by atoms with E-state index in [2.05, 4.69) is 16.7 Å². The number of rotatable bonds is 3. The summed E-state index contributed by atoms with van der Waals surface area (Å²) in [5.41, 5.74) is 3.21. The van der Waals surface area contributed by atoms with Crippen LogP contribution in [0.5, 0.6) is 0 Å². The van der Waals surface area contributed by atoms with Gasteiger partial charge in [-0.05, 0) is 61.8 Å². The number of hydrogen-bond donors (Lipinski definition) is 2. The number of aryl methyl sites for hydroxylation is 2. The molecule has 1 atom stereocenters. The fourth-order valence-electron chi connectivity index (χ4n) is 2.08. The van der Waals surface area contributed by atoms with Gasteiger partial charge in [0.2, 0.25) is 0 Å². The molecule has 0 aliphatic carbocycles. The van der Waals surface area contributed by atoms with Crippen molar-refractivity contribution < 1.29 is 8.78 Å². The second kappa shape index (κ2) is 6.83. The number of thiocarbonyl (C=S) groups is 1. The van der Waals surface area contributed by atoms with Crippen LogP contribution in [0.2, 0.25) is 0 Å². The molecular formula is C17H18F2N2S. The molecule has 0 aliphatic rings. The van der Waals surface area contributed by atoms with E-state index in [9.17, 15) is 8.78 Å². The van der Waals surface area contributed by atoms with Gasteiger partial charge in [0.15, 0.2) is 5.11 Å². The van der Waals surface area contributed by atoms with Gasteiger partial charge in [0.25, 0.3) is 0 Å². The van der Waals surface area contributed by atoms with E-state index >= 15 is 0 Å². The second-order valence-electron chi connectivity index (χ2n) is 5.26. The minimum Gasteiger partial charge on any atom is -0.356 e. The standard InChI is InChI=1S/C17H18F2N2S/c1-10-7-8-13(9-11(10)2)12(3)20-17(22)21-16-14(18)5-4-6-15(16)19/h4-9,12H,1-3H3,(H2,20,21,22)/t12-/m1/s1. The lowest BCUT2D eigenvalue weighted by Gasteiger charge is -2.18. The maximum Gasteiger partial charge on any atom is 0.171 e. The fourth-order valence-corrected chi connectivity index (χ4v) is 2.36. The Labute approximate surface area is 134 Å². The zero-order chi connectivity index (χ0) is 16.3. The Morgan fingerprint density at radius 2 is 1.68 bits per heavy atom. The van der Waals surface area contributed by atoms with Gasteiger partial charge in [-0.2, -0.15) is 0 Å². The Bertz CT molecular complexity index is 681. The molecule has 116 valence electrons. The summed E-state index contributed by atoms with van der Waals surface area (Å²) in [7, 11) is 0. The highest BCUT2D eigenvalue weighted by molar-refractivity contribution is 7.80. The summed E-state index contributed by atoms with van der Waals surface area (Å²) in [6, 6.07) is 9.71. The van der Waals surface area contributed by atoms with E-state index in [1.54, 1.807) is 0 Å². The average Bonchev–Trinajstić information content (AvgIpc) is 2.46. The number of hydrogen-bond acceptors (Lipinski definition) is 1. The van der Waals surface area contributed by atoms with Gasteiger partial charge in [-0.3, -0.25) is 0 Å². The Morgan fingerprint density at radius 3 is 2.27 bits per heavy atom. The Balaban J connectivity index is 2.07. The first kappa shape index (κ1) is 16.4. The molecule has 2 aromatic rings. The first-order valence-electron chi connectivity index (χ1n) is 6.97. The molecule has 0 heterocycles. The van der Waals surface area contributed by atoms with E-state index in [1.807, 2.05) is 32.9 Å². The minimum absolute atomic E-state index is 0.0749. The van der Waals surface area contributed by atoms with Crippen LogP contribution in [0.15, 0.2) is 36.4 Å². The van der Waals surface area contributed by atoms with Gasteiger partial charge in [0.05, 0.1) is 6.04 Å². The molecule has 0 unspecified atom stereocenters. The van der Waals surface area contributed by atoms with E-state index in [0.717, 1.165) is 5.56 Å². The third kappa shape index (κ3) is 3.80. The Hall–Kier alpha value is -2.01. The molecular weight excluding hydrogens is 302 g/mol. The highest BCUT2D eigenvalue weighted by Gasteiger charge is 2.12. The lowest BCUT2D eigenvalue weighted by atomic mass is 10.0. The summed E-state index contributed by atoms with van der Waals surface area (Å²) in [5, 5.41) is 5.78. The van der Waals surface area contributed by atoms with Crippen LogP contribution in [-0.2, 0) is 0 Å². The molecule has 2 aromatic carbocycles. The zero-order valence-electron chi connectivity index (χ0n) is 12.7. The van der Waals surface area contributed by atoms with Crippen LogP contribution in [0.4, 0.5) is 14.5 Å². The topological polar surface area (TPSA) is 24.1 Å². The van der Waals surface area contributed by atoms with Crippen LogP contribution >= 0.6 is 12.2 Å². The van der Waals surface area contributed by atoms with Crippen molar-refractivity contribution >= 4 is 23.0 Å². The van der Waals surface area contributed by atoms with Gasteiger partial charge in [-0.15, -0.1) is 0 Å². The molecule has 0 spiro atoms. The highest BCUT2D eigenvalue weighted by Crippen LogP contribution is 2.19. The SMILES string of the molecule is Cc1ccc([C@@H](C)NC(=S)Nc2c(F)cccc2F)cc1C. The molecule has 22 heavy (non-hydrogen) atoms. The van der Waals surface area contributed by atoms with Crippen molar-refractivity contribution in [3.8, 4) is 0 Å². The van der Waals surface area contributed by atoms with E-state index in [1.165, 1.54) is 29.3 Å². The Morgan fingerprint density at radius 1 is 1.05 bits per heavy atom. The van der Waals surface area contributed by atoms with Crippen molar-refractivity contribution in [3.63, 3.8) is 0 Å². The number of anilines is 1. The monoisotopic (exact) mass is 320 g/mol. The maximum atomic E-state index is 13.6. The predicted octanol–water partition coefficient (Wildman–Crippen LogP) is 4.63. The van der Waals surface area contributed by atoms with E-state index in [4.69, 9.17) is 12.2 Å². The molecule has 0 aliphatic heterocycles. The zero-order valence-corrected chi connectivity index (χ0v) is 13.5. The minimum atomic E-state index is -0.678. The molecule has 2 N–H and O–H groups in total. The highest BCUT2D eigenvalue weighted by atomic mass is 32.1. The first-order chi connectivity index (χ1) is 10.4. The van der Waals surface area contributed by atoms with Gasteiger partial charge in [0, 0.05) is 0 Å². The number of para-hydroxylation sites is 1. The van der Waals surface area contributed by atoms with Crippen LogP contribution < -0.4 is 10.6 Å². The molecule has 2 rings (SSSR count). The number of nitrogens with one attached hydrogen (secondary N) is 2. The van der Waals surface area contributed by atoms with Gasteiger partial charge in [-0.25, -0.2) is 8.78 Å². The van der Waals surface area contributed by atoms with Crippen molar-refractivity contribution in [3.05, 3.63) is 64.7 Å². The Kier molecular flexibility index (Phi) is 5.08. The summed E-state index contributed by atoms with van der Waals surface area (Å²) in [6.45, 7) is 6.02. The lowest BCUT2D eigenvalue weighted by molar-refractivity contribution is 0.590. The summed E-state index contributed by atoms with van der Waals surface area (Å²) < 4.78 is 27.2. The van der Waals surface area contributed by atoms with Crippen LogP contribution in [0.25, 0.3) is 0 Å². The summed E-state index contributed by atoms with van der Waals surface area (Å²) in [6.07, 6.45) is 0. The van der Waals surface area contributed by atoms with Crippen molar-refractivity contribution in [2.75, 3.05) is 5.32 Å². The predicted molar refractivity (Wildman–Crippen MR) is 90.0 cm³/mol. The van der Waals surface area contributed by atoms with Crippen LogP contribution in [0.1, 0.15) is 29.7 Å². The largest absolute Gasteiger partial charge is 0.356 e. The van der Waals surface area contributed by atoms with Crippen molar-refractivity contribution in [2.24, 2.45) is 0 Å². The first-order valence-corrected chi connectivity index (χ1v) is 7.38. The van der Waals surface area contributed by atoms with Crippen LogP contribution in [-0.4, -0.2) is 5.11 Å². The molecule has 0 amide bonds. The van der Waals surface area contributed by atoms with E-state index in [-0.39, 0.29) is 16.8 Å². The van der Waals surface area contributed by atoms with Gasteiger partial charge in [0.1, 0.15) is 17.3 Å². The van der Waals surface area contributed by atoms with Crippen molar-refractivity contribution in [2.45, 2.75) is 26.8 Å². The fraction of sp³-hybridized carbons (Fsp3) is 0.235. The van der Waals surface area contributed by atoms with Gasteiger partial charge in [-0.1, -0.05) is 24.3 Å². The molecule has 0 bridgehead atoms. The summed E-state index contributed by atoms with van der Waals surface area (Å²) in [5.74, 6) is -1.36.